The number of halogens is 2. The Morgan fingerprint density at radius 1 is 1.23 bits per heavy atom. The van der Waals surface area contributed by atoms with Crippen LogP contribution in [0.4, 0.5) is 5.69 Å². The van der Waals surface area contributed by atoms with Gasteiger partial charge in [-0.05, 0) is 53.7 Å². The van der Waals surface area contributed by atoms with Crippen molar-refractivity contribution in [3.63, 3.8) is 0 Å². The Morgan fingerprint density at radius 2 is 2.08 bits per heavy atom. The number of aryl methyl sites for hydroxylation is 1. The maximum atomic E-state index is 12.4. The minimum atomic E-state index is -0.307. The summed E-state index contributed by atoms with van der Waals surface area (Å²) in [6.45, 7) is 2.79. The van der Waals surface area contributed by atoms with Crippen molar-refractivity contribution in [2.75, 3.05) is 5.32 Å². The van der Waals surface area contributed by atoms with Crippen molar-refractivity contribution in [2.24, 2.45) is 0 Å². The van der Waals surface area contributed by atoms with Gasteiger partial charge in [0.2, 0.25) is 0 Å². The molecule has 0 aliphatic heterocycles. The fourth-order valence-electron chi connectivity index (χ4n) is 2.23. The van der Waals surface area contributed by atoms with Gasteiger partial charge in [-0.1, -0.05) is 29.3 Å². The lowest BCUT2D eigenvalue weighted by Crippen LogP contribution is -2.12. The molecule has 0 radical (unpaired) electrons. The monoisotopic (exact) mass is 391 g/mol. The molecule has 1 N–H and O–H groups in total. The van der Waals surface area contributed by atoms with E-state index < -0.39 is 0 Å². The van der Waals surface area contributed by atoms with Crippen LogP contribution in [0.1, 0.15) is 23.1 Å². The highest BCUT2D eigenvalue weighted by Crippen LogP contribution is 2.26. The van der Waals surface area contributed by atoms with Gasteiger partial charge < -0.3 is 10.1 Å². The minimum absolute atomic E-state index is 0.203. The van der Waals surface area contributed by atoms with Crippen molar-refractivity contribution in [2.45, 2.75) is 20.1 Å². The maximum Gasteiger partial charge on any atom is 0.255 e. The summed E-state index contributed by atoms with van der Waals surface area (Å²) in [6, 6.07) is 11.7. The van der Waals surface area contributed by atoms with Crippen LogP contribution in [0.5, 0.6) is 5.75 Å². The number of amides is 1. The highest BCUT2D eigenvalue weighted by Gasteiger charge is 2.11. The summed E-state index contributed by atoms with van der Waals surface area (Å²) < 4.78 is 7.32. The first kappa shape index (κ1) is 18.2. The van der Waals surface area contributed by atoms with E-state index in [9.17, 15) is 4.79 Å². The van der Waals surface area contributed by atoms with Gasteiger partial charge in [0, 0.05) is 17.1 Å². The van der Waals surface area contributed by atoms with E-state index in [1.54, 1.807) is 47.1 Å². The molecule has 0 fully saturated rings. The molecule has 0 saturated heterocycles. The number of anilines is 1. The second kappa shape index (κ2) is 8.16. The molecule has 0 unspecified atom stereocenters. The molecule has 0 saturated carbocycles. The van der Waals surface area contributed by atoms with Gasteiger partial charge in [0.25, 0.3) is 5.91 Å². The molecule has 3 aromatic rings. The molecule has 0 atom stereocenters. The number of ether oxygens (including phenoxy) is 1. The molecule has 0 bridgehead atoms. The summed E-state index contributed by atoms with van der Waals surface area (Å²) in [7, 11) is 0. The molecule has 2 aromatic carbocycles. The average molecular weight is 392 g/mol. The van der Waals surface area contributed by atoms with Gasteiger partial charge in [0.15, 0.2) is 5.82 Å². The third-order valence-corrected chi connectivity index (χ3v) is 4.10. The molecule has 0 aliphatic carbocycles. The lowest BCUT2D eigenvalue weighted by atomic mass is 10.2. The number of tetrazole rings is 1. The SMILES string of the molecule is CCn1nnnc1COc1cccc(C(=O)Nc2ccc(Cl)cc2Cl)c1. The van der Waals surface area contributed by atoms with Crippen LogP contribution in [-0.4, -0.2) is 26.1 Å². The predicted octanol–water partition coefficient (Wildman–Crippen LogP) is 3.83. The topological polar surface area (TPSA) is 81.9 Å². The average Bonchev–Trinajstić information content (AvgIpc) is 3.10. The van der Waals surface area contributed by atoms with Crippen LogP contribution < -0.4 is 10.1 Å². The summed E-state index contributed by atoms with van der Waals surface area (Å²) in [5, 5.41) is 15.0. The maximum absolute atomic E-state index is 12.4. The molecule has 0 spiro atoms. The highest BCUT2D eigenvalue weighted by molar-refractivity contribution is 6.36. The zero-order valence-electron chi connectivity index (χ0n) is 13.8. The molecule has 1 aromatic heterocycles. The van der Waals surface area contributed by atoms with Crippen LogP contribution in [0, 0.1) is 0 Å². The first-order valence-electron chi connectivity index (χ1n) is 7.81. The first-order chi connectivity index (χ1) is 12.6. The van der Waals surface area contributed by atoms with Crippen molar-refractivity contribution in [3.05, 3.63) is 63.9 Å². The normalized spacial score (nSPS) is 10.6. The van der Waals surface area contributed by atoms with E-state index in [1.807, 2.05) is 6.92 Å². The Morgan fingerprint density at radius 3 is 2.85 bits per heavy atom. The molecule has 0 aliphatic rings. The lowest BCUT2D eigenvalue weighted by molar-refractivity contribution is 0.102. The van der Waals surface area contributed by atoms with Gasteiger partial charge in [-0.25, -0.2) is 4.68 Å². The van der Waals surface area contributed by atoms with Crippen LogP contribution >= 0.6 is 23.2 Å². The predicted molar refractivity (Wildman–Crippen MR) is 98.7 cm³/mol. The molecule has 1 heterocycles. The highest BCUT2D eigenvalue weighted by atomic mass is 35.5. The number of benzene rings is 2. The van der Waals surface area contributed by atoms with Crippen molar-refractivity contribution >= 4 is 34.8 Å². The van der Waals surface area contributed by atoms with Crippen LogP contribution in [0.3, 0.4) is 0 Å². The van der Waals surface area contributed by atoms with Gasteiger partial charge >= 0.3 is 0 Å². The van der Waals surface area contributed by atoms with E-state index in [-0.39, 0.29) is 12.5 Å². The summed E-state index contributed by atoms with van der Waals surface area (Å²) in [5.41, 5.74) is 0.915. The molecule has 26 heavy (non-hydrogen) atoms. The molecule has 3 rings (SSSR count). The molecule has 7 nitrogen and oxygen atoms in total. The summed E-state index contributed by atoms with van der Waals surface area (Å²) in [4.78, 5) is 12.4. The van der Waals surface area contributed by atoms with E-state index in [4.69, 9.17) is 27.9 Å². The second-order valence-corrected chi connectivity index (χ2v) is 6.15. The Labute approximate surface area is 159 Å². The number of hydrogen-bond acceptors (Lipinski definition) is 5. The van der Waals surface area contributed by atoms with Crippen molar-refractivity contribution in [1.82, 2.24) is 20.2 Å². The van der Waals surface area contributed by atoms with Gasteiger partial charge in [-0.2, -0.15) is 0 Å². The molecule has 1 amide bonds. The largest absolute Gasteiger partial charge is 0.486 e. The lowest BCUT2D eigenvalue weighted by Gasteiger charge is -2.10. The van der Waals surface area contributed by atoms with Crippen molar-refractivity contribution < 1.29 is 9.53 Å². The molecular formula is C17H15Cl2N5O2. The first-order valence-corrected chi connectivity index (χ1v) is 8.56. The van der Waals surface area contributed by atoms with Crippen LogP contribution in [0.15, 0.2) is 42.5 Å². The zero-order valence-corrected chi connectivity index (χ0v) is 15.3. The third kappa shape index (κ3) is 4.30. The Bertz CT molecular complexity index is 929. The van der Waals surface area contributed by atoms with Crippen LogP contribution in [0.2, 0.25) is 10.0 Å². The smallest absolute Gasteiger partial charge is 0.255 e. The summed E-state index contributed by atoms with van der Waals surface area (Å²) in [5.74, 6) is 0.832. The summed E-state index contributed by atoms with van der Waals surface area (Å²) in [6.07, 6.45) is 0. The van der Waals surface area contributed by atoms with Crippen LogP contribution in [-0.2, 0) is 13.2 Å². The minimum Gasteiger partial charge on any atom is -0.486 e. The van der Waals surface area contributed by atoms with E-state index in [0.29, 0.717) is 39.4 Å². The Balaban J connectivity index is 1.69. The second-order valence-electron chi connectivity index (χ2n) is 5.31. The van der Waals surface area contributed by atoms with Gasteiger partial charge in [-0.3, -0.25) is 4.79 Å². The molecular weight excluding hydrogens is 377 g/mol. The van der Waals surface area contributed by atoms with Crippen LogP contribution in [0.25, 0.3) is 0 Å². The number of nitrogens with zero attached hydrogens (tertiary/aromatic N) is 4. The Hall–Kier alpha value is -2.64. The van der Waals surface area contributed by atoms with E-state index >= 15 is 0 Å². The molecule has 9 heteroatoms. The number of carbonyl (C=O) groups is 1. The van der Waals surface area contributed by atoms with E-state index in [0.717, 1.165) is 0 Å². The zero-order chi connectivity index (χ0) is 18.5. The van der Waals surface area contributed by atoms with E-state index in [1.165, 1.54) is 0 Å². The quantitative estimate of drug-likeness (QED) is 0.690. The standard InChI is InChI=1S/C17H15Cl2N5O2/c1-2-24-16(21-22-23-24)10-26-13-5-3-4-11(8-13)17(25)20-15-7-6-12(18)9-14(15)19/h3-9H,2,10H2,1H3,(H,20,25). The number of carbonyl (C=O) groups excluding carboxylic acids is 1. The number of rotatable bonds is 6. The Kier molecular flexibility index (Phi) is 5.70. The van der Waals surface area contributed by atoms with E-state index in [2.05, 4.69) is 20.8 Å². The van der Waals surface area contributed by atoms with Gasteiger partial charge in [-0.15, -0.1) is 5.10 Å². The fourth-order valence-corrected chi connectivity index (χ4v) is 2.69. The molecule has 134 valence electrons. The van der Waals surface area contributed by atoms with Gasteiger partial charge in [0.1, 0.15) is 12.4 Å². The summed E-state index contributed by atoms with van der Waals surface area (Å²) >= 11 is 11.9. The number of nitrogens with one attached hydrogen (secondary N) is 1. The number of hydrogen-bond donors (Lipinski definition) is 1. The fraction of sp³-hybridized carbons (Fsp3) is 0.176. The van der Waals surface area contributed by atoms with Crippen molar-refractivity contribution in [3.8, 4) is 5.75 Å². The van der Waals surface area contributed by atoms with Gasteiger partial charge in [0.05, 0.1) is 10.7 Å². The van der Waals surface area contributed by atoms with Crippen molar-refractivity contribution in [1.29, 1.82) is 0 Å². The number of aromatic nitrogens is 4. The third-order valence-electron chi connectivity index (χ3n) is 3.55.